The fourth-order valence-electron chi connectivity index (χ4n) is 2.54. The van der Waals surface area contributed by atoms with Gasteiger partial charge in [-0.05, 0) is 51.4 Å². The highest BCUT2D eigenvalue weighted by Gasteiger charge is 2.29. The van der Waals surface area contributed by atoms with Crippen LogP contribution in [0.5, 0.6) is 0 Å². The van der Waals surface area contributed by atoms with Crippen LogP contribution in [0.2, 0.25) is 0 Å². The Kier molecular flexibility index (Phi) is 6.58. The zero-order chi connectivity index (χ0) is 18.3. The van der Waals surface area contributed by atoms with Gasteiger partial charge in [-0.1, -0.05) is 24.3 Å². The van der Waals surface area contributed by atoms with Gasteiger partial charge in [0.05, 0.1) is 5.92 Å². The van der Waals surface area contributed by atoms with E-state index in [4.69, 9.17) is 9.47 Å². The summed E-state index contributed by atoms with van der Waals surface area (Å²) in [4.78, 5) is 23.3. The lowest BCUT2D eigenvalue weighted by atomic mass is 9.97. The van der Waals surface area contributed by atoms with Gasteiger partial charge < -0.3 is 20.1 Å². The number of rotatable bonds is 7. The molecule has 6 heteroatoms. The number of hydrogen-bond acceptors (Lipinski definition) is 5. The first-order chi connectivity index (χ1) is 11.9. The minimum absolute atomic E-state index is 0.0595. The van der Waals surface area contributed by atoms with Crippen LogP contribution in [0.3, 0.4) is 0 Å². The molecule has 2 rings (SSSR count). The van der Waals surface area contributed by atoms with Crippen LogP contribution in [0.15, 0.2) is 36.4 Å². The van der Waals surface area contributed by atoms with Crippen molar-refractivity contribution < 1.29 is 19.1 Å². The molecule has 0 saturated carbocycles. The largest absolute Gasteiger partial charge is 0.509 e. The van der Waals surface area contributed by atoms with Gasteiger partial charge >= 0.3 is 6.16 Å². The minimum Gasteiger partial charge on any atom is -0.430 e. The predicted molar refractivity (Wildman–Crippen MR) is 96.6 cm³/mol. The normalized spacial score (nSPS) is 16.6. The summed E-state index contributed by atoms with van der Waals surface area (Å²) in [6.45, 7) is 6.91. The van der Waals surface area contributed by atoms with Crippen molar-refractivity contribution in [2.24, 2.45) is 0 Å². The maximum absolute atomic E-state index is 12.0. The number of ether oxygens (including phenoxy) is 2. The number of amides is 1. The first-order valence-electron chi connectivity index (χ1n) is 8.48. The molecule has 2 N–H and O–H groups in total. The van der Waals surface area contributed by atoms with Crippen LogP contribution in [0.4, 0.5) is 10.5 Å². The number of benzene rings is 1. The van der Waals surface area contributed by atoms with Crippen molar-refractivity contribution in [2.75, 3.05) is 25.0 Å². The summed E-state index contributed by atoms with van der Waals surface area (Å²) in [6, 6.07) is 7.79. The van der Waals surface area contributed by atoms with Crippen molar-refractivity contribution in [1.29, 1.82) is 0 Å². The van der Waals surface area contributed by atoms with Crippen LogP contribution in [0.25, 0.3) is 0 Å². The fourth-order valence-corrected chi connectivity index (χ4v) is 2.54. The monoisotopic (exact) mass is 346 g/mol. The van der Waals surface area contributed by atoms with Gasteiger partial charge in [0.1, 0.15) is 12.2 Å². The van der Waals surface area contributed by atoms with E-state index in [1.165, 1.54) is 0 Å². The second kappa shape index (κ2) is 8.67. The lowest BCUT2D eigenvalue weighted by molar-refractivity contribution is -0.117. The third-order valence-corrected chi connectivity index (χ3v) is 3.64. The molecular weight excluding hydrogens is 320 g/mol. The standard InChI is InChI=1S/C19H26N2O4/c1-19(2,3)25-18(23)24-13-7-6-11-20-12-10-15-14-8-4-5-9-16(14)21-17(15)22/h4-9,15,20H,10-13H2,1-3H3,(H,21,22)/b7-6+. The molecule has 1 unspecified atom stereocenters. The highest BCUT2D eigenvalue weighted by atomic mass is 16.7. The smallest absolute Gasteiger partial charge is 0.430 e. The van der Waals surface area contributed by atoms with Crippen molar-refractivity contribution in [3.63, 3.8) is 0 Å². The van der Waals surface area contributed by atoms with Crippen LogP contribution in [-0.2, 0) is 14.3 Å². The van der Waals surface area contributed by atoms with Gasteiger partial charge in [0.2, 0.25) is 5.91 Å². The first-order valence-corrected chi connectivity index (χ1v) is 8.48. The van der Waals surface area contributed by atoms with E-state index >= 15 is 0 Å². The number of para-hydroxylation sites is 1. The van der Waals surface area contributed by atoms with Crippen LogP contribution in [-0.4, -0.2) is 37.4 Å². The first kappa shape index (κ1) is 19.0. The summed E-state index contributed by atoms with van der Waals surface area (Å²) < 4.78 is 9.96. The van der Waals surface area contributed by atoms with Gasteiger partial charge in [0.15, 0.2) is 0 Å². The van der Waals surface area contributed by atoms with Crippen LogP contribution >= 0.6 is 0 Å². The average molecular weight is 346 g/mol. The van der Waals surface area contributed by atoms with Crippen molar-refractivity contribution in [3.8, 4) is 0 Å². The average Bonchev–Trinajstić information content (AvgIpc) is 2.84. The number of carbonyl (C=O) groups excluding carboxylic acids is 2. The molecule has 0 radical (unpaired) electrons. The summed E-state index contributed by atoms with van der Waals surface area (Å²) in [5, 5.41) is 6.15. The molecule has 136 valence electrons. The fraction of sp³-hybridized carbons (Fsp3) is 0.474. The Morgan fingerprint density at radius 3 is 2.80 bits per heavy atom. The van der Waals surface area contributed by atoms with Gasteiger partial charge in [-0.15, -0.1) is 0 Å². The van der Waals surface area contributed by atoms with E-state index in [-0.39, 0.29) is 18.4 Å². The maximum Gasteiger partial charge on any atom is 0.509 e. The Bertz CT molecular complexity index is 635. The molecular formula is C19H26N2O4. The van der Waals surface area contributed by atoms with E-state index in [1.807, 2.05) is 30.3 Å². The molecule has 0 aliphatic carbocycles. The number of hydrogen-bond donors (Lipinski definition) is 2. The molecule has 1 heterocycles. The quantitative estimate of drug-likeness (QED) is 0.450. The molecule has 0 fully saturated rings. The van der Waals surface area contributed by atoms with E-state index in [9.17, 15) is 9.59 Å². The van der Waals surface area contributed by atoms with Gasteiger partial charge in [-0.25, -0.2) is 4.79 Å². The van der Waals surface area contributed by atoms with E-state index in [0.717, 1.165) is 24.2 Å². The molecule has 0 saturated heterocycles. The zero-order valence-corrected chi connectivity index (χ0v) is 15.0. The lowest BCUT2D eigenvalue weighted by Gasteiger charge is -2.18. The van der Waals surface area contributed by atoms with Crippen LogP contribution < -0.4 is 10.6 Å². The van der Waals surface area contributed by atoms with E-state index in [2.05, 4.69) is 10.6 Å². The van der Waals surface area contributed by atoms with E-state index < -0.39 is 11.8 Å². The molecule has 0 bridgehead atoms. The van der Waals surface area contributed by atoms with Gasteiger partial charge in [-0.3, -0.25) is 4.79 Å². The van der Waals surface area contributed by atoms with Crippen molar-refractivity contribution in [2.45, 2.75) is 38.7 Å². The molecule has 1 atom stereocenters. The molecule has 0 spiro atoms. The van der Waals surface area contributed by atoms with Gasteiger partial charge in [0.25, 0.3) is 0 Å². The number of fused-ring (bicyclic) bond motifs is 1. The number of nitrogens with one attached hydrogen (secondary N) is 2. The van der Waals surface area contributed by atoms with Crippen molar-refractivity contribution in [1.82, 2.24) is 5.32 Å². The maximum atomic E-state index is 12.0. The van der Waals surface area contributed by atoms with Crippen LogP contribution in [0.1, 0.15) is 38.7 Å². The molecule has 1 aliphatic heterocycles. The molecule has 1 amide bonds. The summed E-state index contributed by atoms with van der Waals surface area (Å²) in [5.74, 6) is -0.0347. The Hall–Kier alpha value is -2.34. The number of anilines is 1. The molecule has 6 nitrogen and oxygen atoms in total. The molecule has 1 aromatic carbocycles. The Morgan fingerprint density at radius 2 is 2.04 bits per heavy atom. The van der Waals surface area contributed by atoms with Crippen molar-refractivity contribution >= 4 is 17.7 Å². The van der Waals surface area contributed by atoms with Gasteiger partial charge in [-0.2, -0.15) is 0 Å². The molecule has 0 aromatic heterocycles. The number of carbonyl (C=O) groups is 2. The summed E-state index contributed by atoms with van der Waals surface area (Å²) >= 11 is 0. The Balaban J connectivity index is 1.59. The lowest BCUT2D eigenvalue weighted by Crippen LogP contribution is -2.24. The second-order valence-corrected chi connectivity index (χ2v) is 6.87. The highest BCUT2D eigenvalue weighted by molar-refractivity contribution is 6.02. The third kappa shape index (κ3) is 6.23. The van der Waals surface area contributed by atoms with Crippen LogP contribution in [0, 0.1) is 0 Å². The third-order valence-electron chi connectivity index (χ3n) is 3.64. The summed E-state index contributed by atoms with van der Waals surface area (Å²) in [5.41, 5.74) is 1.43. The van der Waals surface area contributed by atoms with E-state index in [1.54, 1.807) is 26.8 Å². The second-order valence-electron chi connectivity index (χ2n) is 6.87. The van der Waals surface area contributed by atoms with Gasteiger partial charge in [0, 0.05) is 12.2 Å². The SMILES string of the molecule is CC(C)(C)OC(=O)OC/C=C/CNCCC1C(=O)Nc2ccccc21. The summed E-state index contributed by atoms with van der Waals surface area (Å²) in [7, 11) is 0. The minimum atomic E-state index is -0.670. The highest BCUT2D eigenvalue weighted by Crippen LogP contribution is 2.33. The van der Waals surface area contributed by atoms with E-state index in [0.29, 0.717) is 6.54 Å². The topological polar surface area (TPSA) is 76.7 Å². The molecule has 25 heavy (non-hydrogen) atoms. The molecule has 1 aromatic rings. The predicted octanol–water partition coefficient (Wildman–Crippen LogP) is 3.21. The zero-order valence-electron chi connectivity index (χ0n) is 15.0. The summed E-state index contributed by atoms with van der Waals surface area (Å²) in [6.07, 6.45) is 3.71. The Morgan fingerprint density at radius 1 is 1.28 bits per heavy atom. The van der Waals surface area contributed by atoms with Crippen molar-refractivity contribution in [3.05, 3.63) is 42.0 Å². The Labute approximate surface area is 148 Å². The molecule has 1 aliphatic rings.